The van der Waals surface area contributed by atoms with Crippen molar-refractivity contribution in [2.45, 2.75) is 0 Å². The Kier molecular flexibility index (Phi) is 6.65. The molecule has 2 aromatic carbocycles. The zero-order chi connectivity index (χ0) is 18.2. The molecule has 25 heavy (non-hydrogen) atoms. The number of amides is 1. The highest BCUT2D eigenvalue weighted by Gasteiger charge is 2.08. The molecule has 0 unspecified atom stereocenters. The van der Waals surface area contributed by atoms with Crippen molar-refractivity contribution in [1.29, 1.82) is 0 Å². The third-order valence-corrected chi connectivity index (χ3v) is 3.92. The molecule has 2 rings (SSSR count). The highest BCUT2D eigenvalue weighted by atomic mass is 79.9. The Morgan fingerprint density at radius 2 is 1.80 bits per heavy atom. The summed E-state index contributed by atoms with van der Waals surface area (Å²) in [6, 6.07) is 12.0. The van der Waals surface area contributed by atoms with Crippen LogP contribution in [0.3, 0.4) is 0 Å². The summed E-state index contributed by atoms with van der Waals surface area (Å²) in [7, 11) is 3.03. The molecule has 0 bridgehead atoms. The molecule has 0 heterocycles. The van der Waals surface area contributed by atoms with E-state index in [1.807, 2.05) is 18.2 Å². The molecular weight excluding hydrogens is 386 g/mol. The first kappa shape index (κ1) is 18.6. The van der Waals surface area contributed by atoms with Gasteiger partial charge in [-0.15, -0.1) is 0 Å². The first-order chi connectivity index (χ1) is 12.0. The number of nitrogens with one attached hydrogen (secondary N) is 1. The lowest BCUT2D eigenvalue weighted by Gasteiger charge is -2.06. The van der Waals surface area contributed by atoms with E-state index in [1.54, 1.807) is 49.7 Å². The van der Waals surface area contributed by atoms with Crippen LogP contribution in [0.4, 0.5) is 0 Å². The van der Waals surface area contributed by atoms with Gasteiger partial charge < -0.3 is 19.9 Å². The van der Waals surface area contributed by atoms with Crippen LogP contribution in [-0.4, -0.2) is 25.2 Å². The van der Waals surface area contributed by atoms with Crippen LogP contribution < -0.4 is 10.1 Å². The van der Waals surface area contributed by atoms with Gasteiger partial charge in [0.15, 0.2) is 5.76 Å². The van der Waals surface area contributed by atoms with Crippen LogP contribution in [0, 0.1) is 0 Å². The Morgan fingerprint density at radius 3 is 2.40 bits per heavy atom. The Hall–Kier alpha value is -2.73. The predicted molar refractivity (Wildman–Crippen MR) is 101 cm³/mol. The smallest absolute Gasteiger partial charge is 0.290 e. The summed E-state index contributed by atoms with van der Waals surface area (Å²) in [5.41, 5.74) is 1.64. The molecule has 2 N–H and O–H groups in total. The highest BCUT2D eigenvalue weighted by Crippen LogP contribution is 2.25. The summed E-state index contributed by atoms with van der Waals surface area (Å²) in [4.78, 5) is 12.2. The van der Waals surface area contributed by atoms with Gasteiger partial charge >= 0.3 is 0 Å². The van der Waals surface area contributed by atoms with Crippen molar-refractivity contribution >= 4 is 34.0 Å². The first-order valence-electron chi connectivity index (χ1n) is 7.39. The Morgan fingerprint density at radius 1 is 1.12 bits per heavy atom. The van der Waals surface area contributed by atoms with E-state index < -0.39 is 0 Å². The number of halogens is 1. The molecule has 0 aliphatic carbocycles. The molecule has 1 amide bonds. The lowest BCUT2D eigenvalue weighted by Crippen LogP contribution is -2.20. The third kappa shape index (κ3) is 5.39. The van der Waals surface area contributed by atoms with Crippen LogP contribution >= 0.6 is 15.9 Å². The van der Waals surface area contributed by atoms with Crippen LogP contribution in [0.25, 0.3) is 12.2 Å². The molecule has 0 spiro atoms. The van der Waals surface area contributed by atoms with E-state index >= 15 is 0 Å². The van der Waals surface area contributed by atoms with Gasteiger partial charge in [0.2, 0.25) is 0 Å². The summed E-state index contributed by atoms with van der Waals surface area (Å²) < 4.78 is 11.1. The largest absolute Gasteiger partial charge is 0.508 e. The number of benzene rings is 2. The van der Waals surface area contributed by atoms with Crippen LogP contribution in [0.15, 0.2) is 58.9 Å². The summed E-state index contributed by atoms with van der Waals surface area (Å²) in [5.74, 6) is 0.680. The van der Waals surface area contributed by atoms with Gasteiger partial charge in [-0.1, -0.05) is 18.2 Å². The number of aromatic hydroxyl groups is 1. The SMILES string of the molecule is CO/C(=C/c1ccc(O)cc1)C(=O)N/C=C/c1ccc(OC)c(Br)c1. The molecule has 0 saturated heterocycles. The maximum atomic E-state index is 12.2. The fraction of sp³-hybridized carbons (Fsp3) is 0.105. The molecule has 0 saturated carbocycles. The first-order valence-corrected chi connectivity index (χ1v) is 8.18. The normalized spacial score (nSPS) is 11.4. The minimum absolute atomic E-state index is 0.159. The second-order valence-electron chi connectivity index (χ2n) is 5.01. The average Bonchev–Trinajstić information content (AvgIpc) is 2.61. The summed E-state index contributed by atoms with van der Waals surface area (Å²) in [6.45, 7) is 0. The molecule has 0 atom stereocenters. The summed E-state index contributed by atoms with van der Waals surface area (Å²) in [6.07, 6.45) is 4.89. The minimum atomic E-state index is -0.376. The van der Waals surface area contributed by atoms with E-state index in [9.17, 15) is 9.90 Å². The second kappa shape index (κ2) is 8.94. The zero-order valence-electron chi connectivity index (χ0n) is 13.8. The van der Waals surface area contributed by atoms with Gasteiger partial charge in [-0.2, -0.15) is 0 Å². The topological polar surface area (TPSA) is 67.8 Å². The monoisotopic (exact) mass is 403 g/mol. The van der Waals surface area contributed by atoms with Crippen molar-refractivity contribution in [2.75, 3.05) is 14.2 Å². The fourth-order valence-corrected chi connectivity index (χ4v) is 2.57. The van der Waals surface area contributed by atoms with E-state index in [0.29, 0.717) is 0 Å². The Bertz CT molecular complexity index is 798. The molecule has 130 valence electrons. The number of methoxy groups -OCH3 is 2. The molecule has 0 aliphatic heterocycles. The Labute approximate surface area is 154 Å². The van der Waals surface area contributed by atoms with Crippen LogP contribution in [0.1, 0.15) is 11.1 Å². The van der Waals surface area contributed by atoms with Crippen LogP contribution in [-0.2, 0) is 9.53 Å². The van der Waals surface area contributed by atoms with Crippen LogP contribution in [0.5, 0.6) is 11.5 Å². The minimum Gasteiger partial charge on any atom is -0.508 e. The van der Waals surface area contributed by atoms with Gasteiger partial charge in [0, 0.05) is 6.20 Å². The number of carbonyl (C=O) groups is 1. The maximum Gasteiger partial charge on any atom is 0.290 e. The van der Waals surface area contributed by atoms with Gasteiger partial charge in [-0.3, -0.25) is 4.79 Å². The molecule has 0 radical (unpaired) electrons. The quantitative estimate of drug-likeness (QED) is 0.566. The molecule has 0 aromatic heterocycles. The number of carbonyl (C=O) groups excluding carboxylic acids is 1. The molecule has 5 nitrogen and oxygen atoms in total. The number of rotatable bonds is 6. The van der Waals surface area contributed by atoms with Gasteiger partial charge in [0.25, 0.3) is 5.91 Å². The van der Waals surface area contributed by atoms with E-state index in [2.05, 4.69) is 21.2 Å². The van der Waals surface area contributed by atoms with Crippen LogP contribution in [0.2, 0.25) is 0 Å². The van der Waals surface area contributed by atoms with Crippen molar-refractivity contribution in [3.05, 3.63) is 70.0 Å². The lowest BCUT2D eigenvalue weighted by molar-refractivity contribution is -0.119. The second-order valence-corrected chi connectivity index (χ2v) is 5.86. The average molecular weight is 404 g/mol. The molecule has 0 fully saturated rings. The molecular formula is C19H18BrNO4. The third-order valence-electron chi connectivity index (χ3n) is 3.30. The maximum absolute atomic E-state index is 12.2. The number of phenols is 1. The van der Waals surface area contributed by atoms with Crippen molar-refractivity contribution in [3.63, 3.8) is 0 Å². The predicted octanol–water partition coefficient (Wildman–Crippen LogP) is 3.94. The van der Waals surface area contributed by atoms with Crippen molar-refractivity contribution in [1.82, 2.24) is 5.32 Å². The molecule has 2 aromatic rings. The van der Waals surface area contributed by atoms with Gasteiger partial charge in [0.05, 0.1) is 18.7 Å². The molecule has 6 heteroatoms. The number of hydrogen-bond donors (Lipinski definition) is 2. The summed E-state index contributed by atoms with van der Waals surface area (Å²) >= 11 is 3.41. The van der Waals surface area contributed by atoms with Crippen molar-refractivity contribution in [2.24, 2.45) is 0 Å². The van der Waals surface area contributed by atoms with Gasteiger partial charge in [-0.05, 0) is 63.5 Å². The van der Waals surface area contributed by atoms with E-state index in [-0.39, 0.29) is 17.4 Å². The van der Waals surface area contributed by atoms with Crippen molar-refractivity contribution in [3.8, 4) is 11.5 Å². The number of ether oxygens (including phenoxy) is 2. The fourth-order valence-electron chi connectivity index (χ4n) is 2.01. The lowest BCUT2D eigenvalue weighted by atomic mass is 10.2. The standard InChI is InChI=1S/C19H18BrNO4/c1-24-17-8-5-14(11-16(17)20)9-10-21-19(23)18(25-2)12-13-3-6-15(22)7-4-13/h3-12,22H,1-2H3,(H,21,23)/b10-9+,18-12+. The van der Waals surface area contributed by atoms with Gasteiger partial charge in [0.1, 0.15) is 11.5 Å². The summed E-state index contributed by atoms with van der Waals surface area (Å²) in [5, 5.41) is 11.9. The number of hydrogen-bond acceptors (Lipinski definition) is 4. The van der Waals surface area contributed by atoms with Gasteiger partial charge in [-0.25, -0.2) is 0 Å². The highest BCUT2D eigenvalue weighted by molar-refractivity contribution is 9.10. The number of phenolic OH excluding ortho intramolecular Hbond substituents is 1. The van der Waals surface area contributed by atoms with E-state index in [0.717, 1.165) is 21.3 Å². The van der Waals surface area contributed by atoms with E-state index in [1.165, 1.54) is 7.11 Å². The van der Waals surface area contributed by atoms with E-state index in [4.69, 9.17) is 9.47 Å². The van der Waals surface area contributed by atoms with Crippen molar-refractivity contribution < 1.29 is 19.4 Å². The molecule has 0 aliphatic rings. The Balaban J connectivity index is 2.04. The zero-order valence-corrected chi connectivity index (χ0v) is 15.4.